The van der Waals surface area contributed by atoms with Gasteiger partial charge >= 0.3 is 6.18 Å². The lowest BCUT2D eigenvalue weighted by Gasteiger charge is -2.22. The Morgan fingerprint density at radius 3 is 1.25 bits per heavy atom. The molecule has 0 atom stereocenters. The third-order valence-corrected chi connectivity index (χ3v) is 12.3. The topological polar surface area (TPSA) is 62.4 Å². The molecule has 12 aromatic rings. The average molecular weight is 792 g/mol. The first-order chi connectivity index (χ1) is 29.9. The molecule has 0 aliphatic heterocycles. The van der Waals surface area contributed by atoms with E-state index in [0.717, 1.165) is 77.3 Å². The minimum absolute atomic E-state index is 0.140. The molecule has 0 spiro atoms. The van der Waals surface area contributed by atoms with E-state index in [2.05, 4.69) is 81.9 Å². The molecule has 8 heteroatoms. The summed E-state index contributed by atoms with van der Waals surface area (Å²) in [6.07, 6.45) is -4.65. The van der Waals surface area contributed by atoms with Gasteiger partial charge in [0, 0.05) is 43.1 Å². The zero-order chi connectivity index (χ0) is 41.1. The largest absolute Gasteiger partial charge is 0.416 e. The van der Waals surface area contributed by atoms with Crippen molar-refractivity contribution in [3.63, 3.8) is 0 Å². The molecule has 5 nitrogen and oxygen atoms in total. The van der Waals surface area contributed by atoms with Crippen LogP contribution in [0.3, 0.4) is 0 Å². The van der Waals surface area contributed by atoms with Crippen molar-refractivity contribution >= 4 is 87.0 Å². The quantitative estimate of drug-likeness (QED) is 0.179. The number of hydrogen-bond acceptors (Lipinski definition) is 2. The van der Waals surface area contributed by atoms with Crippen LogP contribution in [0, 0.1) is 22.7 Å². The maximum Gasteiger partial charge on any atom is 0.416 e. The first-order valence-corrected chi connectivity index (χ1v) is 19.8. The van der Waals surface area contributed by atoms with Crippen LogP contribution in [0.1, 0.15) is 16.7 Å². The Morgan fingerprint density at radius 1 is 0.377 bits per heavy atom. The van der Waals surface area contributed by atoms with E-state index in [9.17, 15) is 23.7 Å². The highest BCUT2D eigenvalue weighted by atomic mass is 19.4. The van der Waals surface area contributed by atoms with Crippen LogP contribution < -0.4 is 0 Å². The average Bonchev–Trinajstić information content (AvgIpc) is 3.94. The van der Waals surface area contributed by atoms with Gasteiger partial charge in [0.15, 0.2) is 0 Å². The van der Waals surface area contributed by atoms with Crippen LogP contribution in [0.15, 0.2) is 170 Å². The molecular formula is C53H28F3N5. The minimum atomic E-state index is -4.65. The summed E-state index contributed by atoms with van der Waals surface area (Å²) in [5.74, 6) is 0. The second kappa shape index (κ2) is 12.6. The zero-order valence-corrected chi connectivity index (χ0v) is 32.0. The zero-order valence-electron chi connectivity index (χ0n) is 32.0. The van der Waals surface area contributed by atoms with Crippen LogP contribution in [0.5, 0.6) is 0 Å². The van der Waals surface area contributed by atoms with Crippen molar-refractivity contribution in [2.75, 3.05) is 0 Å². The summed E-state index contributed by atoms with van der Waals surface area (Å²) in [6, 6.07) is 58.7. The standard InChI is InChI=1S/C53H28F3N5/c54-53(55,56)33-23-26-39-36-15-5-8-18-44(36)59(47(39)27-33)52-42(29-57)48(60-45-19-9-6-16-37(45)40-24-21-31-11-1-3-13-34(31)50(40)60)28-49(43(52)30-58)61-46-20-10-7-17-38(46)41-25-22-32-12-2-4-14-35(32)51(41)61/h1-28H. The second-order valence-electron chi connectivity index (χ2n) is 15.4. The van der Waals surface area contributed by atoms with Gasteiger partial charge in [-0.05, 0) is 47.2 Å². The highest BCUT2D eigenvalue weighted by Crippen LogP contribution is 2.45. The SMILES string of the molecule is N#Cc1c(-n2c3ccccc3c3ccc4ccccc4c32)cc(-n2c3ccccc3c3ccc4ccccc4c32)c(C#N)c1-n1c2ccccc2c2ccc(C(F)(F)F)cc21. The summed E-state index contributed by atoms with van der Waals surface area (Å²) in [7, 11) is 0. The fourth-order valence-corrected chi connectivity index (χ4v) is 9.79. The van der Waals surface area contributed by atoms with Crippen molar-refractivity contribution in [3.8, 4) is 29.2 Å². The molecule has 0 saturated heterocycles. The van der Waals surface area contributed by atoms with Crippen LogP contribution in [-0.2, 0) is 6.18 Å². The van der Waals surface area contributed by atoms with E-state index in [1.807, 2.05) is 91.0 Å². The maximum atomic E-state index is 14.6. The predicted molar refractivity (Wildman–Crippen MR) is 239 cm³/mol. The van der Waals surface area contributed by atoms with Crippen molar-refractivity contribution in [2.45, 2.75) is 6.18 Å². The lowest BCUT2D eigenvalue weighted by Crippen LogP contribution is -2.11. The maximum absolute atomic E-state index is 14.6. The molecule has 9 aromatic carbocycles. The molecule has 12 rings (SSSR count). The normalized spacial score (nSPS) is 12.1. The van der Waals surface area contributed by atoms with Gasteiger partial charge in [-0.3, -0.25) is 0 Å². The van der Waals surface area contributed by atoms with E-state index in [1.165, 1.54) is 6.07 Å². The highest BCUT2D eigenvalue weighted by Gasteiger charge is 2.33. The Kier molecular flexibility index (Phi) is 7.16. The van der Waals surface area contributed by atoms with Crippen molar-refractivity contribution in [2.24, 2.45) is 0 Å². The van der Waals surface area contributed by atoms with Crippen LogP contribution in [0.4, 0.5) is 13.2 Å². The molecule has 0 fully saturated rings. The van der Waals surface area contributed by atoms with Crippen molar-refractivity contribution in [1.29, 1.82) is 10.5 Å². The summed E-state index contributed by atoms with van der Waals surface area (Å²) >= 11 is 0. The van der Waals surface area contributed by atoms with E-state index >= 15 is 0 Å². The van der Waals surface area contributed by atoms with E-state index < -0.39 is 11.7 Å². The number of aromatic nitrogens is 3. The predicted octanol–water partition coefficient (Wildman–Crippen LogP) is 14.0. The van der Waals surface area contributed by atoms with E-state index in [1.54, 1.807) is 4.57 Å². The minimum Gasteiger partial charge on any atom is -0.307 e. The van der Waals surface area contributed by atoms with E-state index in [0.29, 0.717) is 27.7 Å². The Balaban J connectivity index is 1.37. The summed E-state index contributed by atoms with van der Waals surface area (Å²) in [5.41, 5.74) is 4.81. The summed E-state index contributed by atoms with van der Waals surface area (Å²) in [5, 5.41) is 32.3. The summed E-state index contributed by atoms with van der Waals surface area (Å²) < 4.78 is 49.8. The third-order valence-electron chi connectivity index (χ3n) is 12.3. The molecule has 0 radical (unpaired) electrons. The highest BCUT2D eigenvalue weighted by molar-refractivity contribution is 6.20. The number of halogens is 3. The first kappa shape index (κ1) is 34.7. The van der Waals surface area contributed by atoms with Crippen molar-refractivity contribution in [3.05, 3.63) is 187 Å². The van der Waals surface area contributed by atoms with E-state index in [4.69, 9.17) is 0 Å². The van der Waals surface area contributed by atoms with Crippen LogP contribution >= 0.6 is 0 Å². The molecule has 3 heterocycles. The lowest BCUT2D eigenvalue weighted by atomic mass is 10.0. The molecule has 0 saturated carbocycles. The van der Waals surface area contributed by atoms with Gasteiger partial charge in [0.25, 0.3) is 0 Å². The van der Waals surface area contributed by atoms with Gasteiger partial charge in [-0.2, -0.15) is 23.7 Å². The molecule has 0 aliphatic carbocycles. The van der Waals surface area contributed by atoms with Gasteiger partial charge in [0.2, 0.25) is 0 Å². The molecular weight excluding hydrogens is 764 g/mol. The van der Waals surface area contributed by atoms with Gasteiger partial charge in [-0.1, -0.05) is 133 Å². The summed E-state index contributed by atoms with van der Waals surface area (Å²) in [4.78, 5) is 0. The lowest BCUT2D eigenvalue weighted by molar-refractivity contribution is -0.137. The smallest absolute Gasteiger partial charge is 0.307 e. The van der Waals surface area contributed by atoms with Gasteiger partial charge < -0.3 is 13.7 Å². The van der Waals surface area contributed by atoms with Crippen LogP contribution in [0.2, 0.25) is 0 Å². The van der Waals surface area contributed by atoms with Crippen molar-refractivity contribution < 1.29 is 13.2 Å². The Bertz CT molecular complexity index is 3770. The third kappa shape index (κ3) is 4.76. The molecule has 3 aromatic heterocycles. The number of hydrogen-bond donors (Lipinski definition) is 0. The Morgan fingerprint density at radius 2 is 0.770 bits per heavy atom. The van der Waals surface area contributed by atoms with Crippen LogP contribution in [0.25, 0.3) is 104 Å². The Hall–Kier alpha value is -8.33. The number of alkyl halides is 3. The van der Waals surface area contributed by atoms with Crippen LogP contribution in [-0.4, -0.2) is 13.7 Å². The van der Waals surface area contributed by atoms with Gasteiger partial charge in [0.1, 0.15) is 23.3 Å². The number of fused-ring (bicyclic) bond motifs is 13. The molecule has 0 aliphatic rings. The molecule has 0 unspecified atom stereocenters. The van der Waals surface area contributed by atoms with Crippen molar-refractivity contribution in [1.82, 2.24) is 13.7 Å². The number of benzene rings is 9. The molecule has 61 heavy (non-hydrogen) atoms. The Labute approximate surface area is 345 Å². The fraction of sp³-hybridized carbons (Fsp3) is 0.0189. The number of rotatable bonds is 3. The molecule has 0 amide bonds. The fourth-order valence-electron chi connectivity index (χ4n) is 9.79. The first-order valence-electron chi connectivity index (χ1n) is 19.8. The van der Waals surface area contributed by atoms with Gasteiger partial charge in [-0.15, -0.1) is 0 Å². The molecule has 0 N–H and O–H groups in total. The monoisotopic (exact) mass is 791 g/mol. The number of nitrogens with zero attached hydrogens (tertiary/aromatic N) is 5. The number of para-hydroxylation sites is 3. The van der Waals surface area contributed by atoms with Gasteiger partial charge in [0.05, 0.1) is 55.7 Å². The molecule has 286 valence electrons. The summed E-state index contributed by atoms with van der Waals surface area (Å²) in [6.45, 7) is 0. The van der Waals surface area contributed by atoms with E-state index in [-0.39, 0.29) is 22.3 Å². The van der Waals surface area contributed by atoms with Gasteiger partial charge in [-0.25, -0.2) is 0 Å². The number of nitriles is 2. The second-order valence-corrected chi connectivity index (χ2v) is 15.4. The molecule has 0 bridgehead atoms.